The number of aryl methyl sites for hydroxylation is 1. The van der Waals surface area contributed by atoms with Crippen molar-refractivity contribution in [2.75, 3.05) is 25.0 Å². The standard InChI is InChI=1S/C19H28N4O.HI/c1-4-15-9-11-16(12-10-15)22-19(20)21-14-17(23(5-2)6-3)18-8-7-13-24-18;/h7-13,17H,4-6,14H2,1-3H3,(H3,20,21,22);1H. The molecule has 1 atom stereocenters. The molecular weight excluding hydrogens is 427 g/mol. The van der Waals surface area contributed by atoms with Gasteiger partial charge < -0.3 is 15.5 Å². The molecule has 0 radical (unpaired) electrons. The Balaban J connectivity index is 0.00000312. The molecule has 1 aromatic heterocycles. The number of anilines is 1. The molecule has 0 aliphatic carbocycles. The quantitative estimate of drug-likeness (QED) is 0.354. The second kappa shape index (κ2) is 11.1. The summed E-state index contributed by atoms with van der Waals surface area (Å²) in [4.78, 5) is 6.83. The monoisotopic (exact) mass is 456 g/mol. The van der Waals surface area contributed by atoms with Gasteiger partial charge in [-0.3, -0.25) is 9.89 Å². The van der Waals surface area contributed by atoms with Crippen molar-refractivity contribution in [2.24, 2.45) is 10.7 Å². The van der Waals surface area contributed by atoms with E-state index in [1.807, 2.05) is 24.3 Å². The van der Waals surface area contributed by atoms with Crippen molar-refractivity contribution in [3.8, 4) is 0 Å². The second-order valence-corrected chi connectivity index (χ2v) is 5.65. The lowest BCUT2D eigenvalue weighted by Gasteiger charge is -2.26. The van der Waals surface area contributed by atoms with Crippen LogP contribution in [0.1, 0.15) is 38.1 Å². The Hall–Kier alpha value is -1.54. The summed E-state index contributed by atoms with van der Waals surface area (Å²) in [6, 6.07) is 12.2. The predicted molar refractivity (Wildman–Crippen MR) is 116 cm³/mol. The molecule has 25 heavy (non-hydrogen) atoms. The minimum Gasteiger partial charge on any atom is -0.468 e. The van der Waals surface area contributed by atoms with E-state index in [2.05, 4.69) is 48.1 Å². The van der Waals surface area contributed by atoms with Gasteiger partial charge >= 0.3 is 0 Å². The van der Waals surface area contributed by atoms with Crippen LogP contribution in [0, 0.1) is 0 Å². The molecule has 0 aliphatic rings. The maximum atomic E-state index is 6.05. The fourth-order valence-corrected chi connectivity index (χ4v) is 2.73. The van der Waals surface area contributed by atoms with Gasteiger partial charge in [-0.15, -0.1) is 24.0 Å². The van der Waals surface area contributed by atoms with Crippen LogP contribution in [0.25, 0.3) is 0 Å². The van der Waals surface area contributed by atoms with Crippen molar-refractivity contribution in [1.29, 1.82) is 0 Å². The van der Waals surface area contributed by atoms with Gasteiger partial charge in [-0.05, 0) is 49.3 Å². The number of rotatable bonds is 8. The molecule has 1 aromatic carbocycles. The van der Waals surface area contributed by atoms with Crippen LogP contribution >= 0.6 is 24.0 Å². The molecular formula is C19H29IN4O. The Morgan fingerprint density at radius 2 is 1.84 bits per heavy atom. The van der Waals surface area contributed by atoms with Gasteiger partial charge in [-0.2, -0.15) is 0 Å². The van der Waals surface area contributed by atoms with Crippen LogP contribution in [0.15, 0.2) is 52.1 Å². The van der Waals surface area contributed by atoms with Crippen LogP contribution in [-0.2, 0) is 6.42 Å². The molecule has 0 aliphatic heterocycles. The van der Waals surface area contributed by atoms with Crippen molar-refractivity contribution in [2.45, 2.75) is 33.2 Å². The normalized spacial score (nSPS) is 12.7. The van der Waals surface area contributed by atoms with Crippen LogP contribution in [0.2, 0.25) is 0 Å². The molecule has 5 nitrogen and oxygen atoms in total. The van der Waals surface area contributed by atoms with E-state index in [0.717, 1.165) is 31.0 Å². The fourth-order valence-electron chi connectivity index (χ4n) is 2.73. The molecule has 0 bridgehead atoms. The maximum absolute atomic E-state index is 6.05. The van der Waals surface area contributed by atoms with Gasteiger partial charge in [-0.25, -0.2) is 0 Å². The van der Waals surface area contributed by atoms with E-state index >= 15 is 0 Å². The zero-order valence-electron chi connectivity index (χ0n) is 15.2. The van der Waals surface area contributed by atoms with Crippen molar-refractivity contribution >= 4 is 35.6 Å². The first-order chi connectivity index (χ1) is 11.7. The molecule has 0 spiro atoms. The summed E-state index contributed by atoms with van der Waals surface area (Å²) in [5.74, 6) is 1.34. The minimum atomic E-state index is 0. The number of nitrogens with zero attached hydrogens (tertiary/aromatic N) is 2. The lowest BCUT2D eigenvalue weighted by atomic mass is 10.1. The number of aliphatic imine (C=N–C) groups is 1. The van der Waals surface area contributed by atoms with Crippen LogP contribution in [0.4, 0.5) is 5.69 Å². The number of hydrogen-bond donors (Lipinski definition) is 2. The van der Waals surface area contributed by atoms with Gasteiger partial charge in [0.2, 0.25) is 0 Å². The van der Waals surface area contributed by atoms with Gasteiger partial charge in [-0.1, -0.05) is 32.9 Å². The Bertz CT molecular complexity index is 621. The Morgan fingerprint density at radius 1 is 1.16 bits per heavy atom. The smallest absolute Gasteiger partial charge is 0.193 e. The maximum Gasteiger partial charge on any atom is 0.193 e. The number of guanidine groups is 1. The van der Waals surface area contributed by atoms with Gasteiger partial charge in [0.1, 0.15) is 5.76 Å². The van der Waals surface area contributed by atoms with Gasteiger partial charge in [0.05, 0.1) is 18.8 Å². The number of furan rings is 1. The molecule has 1 heterocycles. The number of halogens is 1. The molecule has 6 heteroatoms. The summed E-state index contributed by atoms with van der Waals surface area (Å²) < 4.78 is 5.58. The third-order valence-electron chi connectivity index (χ3n) is 4.19. The minimum absolute atomic E-state index is 0. The fraction of sp³-hybridized carbons (Fsp3) is 0.421. The number of benzene rings is 1. The molecule has 138 valence electrons. The van der Waals surface area contributed by atoms with Crippen molar-refractivity contribution in [1.82, 2.24) is 4.90 Å². The Kier molecular flexibility index (Phi) is 9.59. The summed E-state index contributed by atoms with van der Waals surface area (Å²) in [6.07, 6.45) is 2.73. The first kappa shape index (κ1) is 21.5. The highest BCUT2D eigenvalue weighted by atomic mass is 127. The van der Waals surface area contributed by atoms with E-state index in [1.165, 1.54) is 5.56 Å². The van der Waals surface area contributed by atoms with Gasteiger partial charge in [0.25, 0.3) is 0 Å². The van der Waals surface area contributed by atoms with Crippen LogP contribution in [0.5, 0.6) is 0 Å². The average molecular weight is 456 g/mol. The summed E-state index contributed by atoms with van der Waals surface area (Å²) >= 11 is 0. The summed E-state index contributed by atoms with van der Waals surface area (Å²) in [7, 11) is 0. The predicted octanol–water partition coefficient (Wildman–Crippen LogP) is 4.27. The second-order valence-electron chi connectivity index (χ2n) is 5.65. The van der Waals surface area contributed by atoms with E-state index in [9.17, 15) is 0 Å². The third kappa shape index (κ3) is 6.36. The highest BCUT2D eigenvalue weighted by Crippen LogP contribution is 2.21. The lowest BCUT2D eigenvalue weighted by molar-refractivity contribution is 0.198. The van der Waals surface area contributed by atoms with E-state index in [4.69, 9.17) is 10.2 Å². The number of likely N-dealkylation sites (N-methyl/N-ethyl adjacent to an activating group) is 1. The van der Waals surface area contributed by atoms with Gasteiger partial charge in [0, 0.05) is 5.69 Å². The van der Waals surface area contributed by atoms with Crippen LogP contribution in [0.3, 0.4) is 0 Å². The third-order valence-corrected chi connectivity index (χ3v) is 4.19. The van der Waals surface area contributed by atoms with Gasteiger partial charge in [0.15, 0.2) is 5.96 Å². The van der Waals surface area contributed by atoms with E-state index in [-0.39, 0.29) is 30.0 Å². The topological polar surface area (TPSA) is 66.8 Å². The molecule has 3 N–H and O–H groups in total. The van der Waals surface area contributed by atoms with E-state index < -0.39 is 0 Å². The summed E-state index contributed by atoms with van der Waals surface area (Å²) in [6.45, 7) is 8.84. The van der Waals surface area contributed by atoms with E-state index in [0.29, 0.717) is 12.5 Å². The lowest BCUT2D eigenvalue weighted by Crippen LogP contribution is -2.31. The van der Waals surface area contributed by atoms with E-state index in [1.54, 1.807) is 6.26 Å². The van der Waals surface area contributed by atoms with Crippen LogP contribution in [-0.4, -0.2) is 30.5 Å². The first-order valence-corrected chi connectivity index (χ1v) is 8.61. The largest absolute Gasteiger partial charge is 0.468 e. The van der Waals surface area contributed by atoms with Crippen molar-refractivity contribution < 1.29 is 4.42 Å². The first-order valence-electron chi connectivity index (χ1n) is 8.61. The summed E-state index contributed by atoms with van der Waals surface area (Å²) in [5.41, 5.74) is 8.30. The van der Waals surface area contributed by atoms with Crippen LogP contribution < -0.4 is 11.1 Å². The van der Waals surface area contributed by atoms with Crippen molar-refractivity contribution in [3.05, 3.63) is 54.0 Å². The average Bonchev–Trinajstić information content (AvgIpc) is 3.13. The molecule has 0 fully saturated rings. The SMILES string of the molecule is CCc1ccc(NC(N)=NCC(c2ccco2)N(CC)CC)cc1.I. The number of nitrogens with two attached hydrogens (primary N) is 1. The molecule has 2 aromatic rings. The molecule has 0 saturated carbocycles. The summed E-state index contributed by atoms with van der Waals surface area (Å²) in [5, 5.41) is 3.15. The molecule has 1 unspecified atom stereocenters. The van der Waals surface area contributed by atoms with Crippen molar-refractivity contribution in [3.63, 3.8) is 0 Å². The Morgan fingerprint density at radius 3 is 2.36 bits per heavy atom. The highest BCUT2D eigenvalue weighted by Gasteiger charge is 2.20. The molecule has 0 saturated heterocycles. The zero-order chi connectivity index (χ0) is 17.4. The number of nitrogens with one attached hydrogen (secondary N) is 1. The number of hydrogen-bond acceptors (Lipinski definition) is 3. The zero-order valence-corrected chi connectivity index (χ0v) is 17.6. The molecule has 2 rings (SSSR count). The Labute approximate surface area is 167 Å². The highest BCUT2D eigenvalue weighted by molar-refractivity contribution is 14.0. The molecule has 0 amide bonds.